The van der Waals surface area contributed by atoms with Crippen molar-refractivity contribution in [1.82, 2.24) is 0 Å². The first-order valence-electron chi connectivity index (χ1n) is 33.7. The van der Waals surface area contributed by atoms with E-state index < -0.39 is 0 Å². The predicted molar refractivity (Wildman–Crippen MR) is 334 cm³/mol. The average molecular weight is 1040 g/mol. The summed E-state index contributed by atoms with van der Waals surface area (Å²) in [6, 6.07) is 1.14. The molecule has 2 aliphatic heterocycles. The molecule has 2 heteroatoms. The largest absolute Gasteiger partial charge is 0.324 e. The Hall–Kier alpha value is -6.58. The Labute approximate surface area is 467 Å². The van der Waals surface area contributed by atoms with Crippen molar-refractivity contribution >= 4 is 178 Å². The molecule has 0 radical (unpaired) electrons. The fraction of sp³-hybridized carbons (Fsp3) is 0.375. The van der Waals surface area contributed by atoms with Gasteiger partial charge in [-0.05, 0) is 285 Å². The van der Waals surface area contributed by atoms with E-state index in [9.17, 15) is 0 Å². The van der Waals surface area contributed by atoms with Gasteiger partial charge in [0.15, 0.2) is 0 Å². The zero-order valence-electron chi connectivity index (χ0n) is 47.0. The van der Waals surface area contributed by atoms with Crippen LogP contribution >= 0.6 is 0 Å². The number of likely N-dealkylation sites (tertiary alicyclic amines) is 2. The number of quaternary nitrogens is 2. The van der Waals surface area contributed by atoms with Gasteiger partial charge in [0, 0.05) is 48.3 Å². The second-order valence-corrected chi connectivity index (χ2v) is 34.2. The lowest BCUT2D eigenvalue weighted by atomic mass is 9.40. The van der Waals surface area contributed by atoms with Crippen molar-refractivity contribution in [3.8, 4) is 11.1 Å². The number of benzene rings is 12. The van der Waals surface area contributed by atoms with Gasteiger partial charge in [0.1, 0.15) is 12.1 Å². The highest BCUT2D eigenvalue weighted by Crippen LogP contribution is 2.97. The highest BCUT2D eigenvalue weighted by Gasteiger charge is 2.90. The fourth-order valence-corrected chi connectivity index (χ4v) is 33.5. The fourth-order valence-electron chi connectivity index (χ4n) is 33.5. The summed E-state index contributed by atoms with van der Waals surface area (Å²) in [7, 11) is 11.4. The summed E-state index contributed by atoms with van der Waals surface area (Å²) < 4.78 is 2.36. The van der Waals surface area contributed by atoms with E-state index in [1.165, 1.54) is 86.3 Å². The van der Waals surface area contributed by atoms with E-state index in [2.05, 4.69) is 53.2 Å². The van der Waals surface area contributed by atoms with Crippen LogP contribution in [0.1, 0.15) is 191 Å². The zero-order chi connectivity index (χ0) is 51.0. The molecule has 2 nitrogen and oxygen atoms in total. The molecule has 17 aromatic carbocycles. The minimum atomic E-state index is -0.0574. The van der Waals surface area contributed by atoms with Gasteiger partial charge in [-0.3, -0.25) is 0 Å². The summed E-state index contributed by atoms with van der Waals surface area (Å²) in [5.74, 6) is 2.81. The molecule has 0 bridgehead atoms. The molecule has 2 fully saturated rings. The summed E-state index contributed by atoms with van der Waals surface area (Å²) in [4.78, 5) is 0. The van der Waals surface area contributed by atoms with Crippen LogP contribution in [0.15, 0.2) is 0 Å². The van der Waals surface area contributed by atoms with Gasteiger partial charge < -0.3 is 8.97 Å². The lowest BCUT2D eigenvalue weighted by Crippen LogP contribution is -2.60. The monoisotopic (exact) mass is 1040 g/mol. The first-order chi connectivity index (χ1) is 40.3. The summed E-state index contributed by atoms with van der Waals surface area (Å²) in [6.07, 6.45) is 13.7. The molecule has 0 saturated carbocycles. The second-order valence-electron chi connectivity index (χ2n) is 34.2. The van der Waals surface area contributed by atoms with Crippen molar-refractivity contribution in [2.75, 3.05) is 41.3 Å². The summed E-state index contributed by atoms with van der Waals surface area (Å²) >= 11 is 0. The number of unbranched alkanes of at least 4 members (excludes halogenated alkanes) is 6. The molecule has 378 valence electrons. The predicted octanol–water partition coefficient (Wildman–Crippen LogP) is 17.3. The smallest absolute Gasteiger partial charge is 0.103 e. The van der Waals surface area contributed by atoms with Crippen molar-refractivity contribution in [3.05, 3.63) is 83.1 Å². The summed E-state index contributed by atoms with van der Waals surface area (Å²) in [6.45, 7) is 7.49. The third-order valence-corrected chi connectivity index (χ3v) is 32.9. The molecular weight excluding hydrogens is 989 g/mol. The maximum Gasteiger partial charge on any atom is 0.103 e. The first kappa shape index (κ1) is 36.2. The van der Waals surface area contributed by atoms with Crippen LogP contribution in [0.5, 0.6) is 0 Å². The molecule has 15 aliphatic carbocycles. The van der Waals surface area contributed by atoms with Crippen molar-refractivity contribution in [2.24, 2.45) is 5.41 Å². The highest BCUT2D eigenvalue weighted by atomic mass is 15.4. The summed E-state index contributed by atoms with van der Waals surface area (Å²) in [5, 5.41) is 55.8. The topological polar surface area (TPSA) is 0 Å². The molecule has 0 amide bonds. The zero-order valence-corrected chi connectivity index (χ0v) is 47.0. The molecule has 2 heterocycles. The molecule has 34 rings (SSSR count). The Balaban J connectivity index is 0.997. The van der Waals surface area contributed by atoms with Crippen LogP contribution in [0.2, 0.25) is 0 Å². The van der Waals surface area contributed by atoms with Gasteiger partial charge in [0.05, 0.1) is 62.9 Å². The van der Waals surface area contributed by atoms with Crippen LogP contribution in [-0.4, -0.2) is 62.3 Å². The van der Waals surface area contributed by atoms with Crippen LogP contribution in [0, 0.1) is 5.41 Å². The van der Waals surface area contributed by atoms with Gasteiger partial charge in [0.2, 0.25) is 0 Å². The number of allylic oxidation sites excluding steroid dienone is 1. The van der Waals surface area contributed by atoms with E-state index in [4.69, 9.17) is 0 Å². The maximum atomic E-state index is 2.85. The second kappa shape index (κ2) is 8.64. The third-order valence-electron chi connectivity index (χ3n) is 32.9. The Morgan fingerprint density at radius 3 is 1.57 bits per heavy atom. The third kappa shape index (κ3) is 2.11. The molecule has 0 aromatic heterocycles. The Kier molecular flexibility index (Phi) is 3.82. The number of likely N-dealkylation sites (N-methyl/N-ethyl adjacent to an activating group) is 2. The average Bonchev–Trinajstić information content (AvgIpc) is 1.38. The van der Waals surface area contributed by atoms with Gasteiger partial charge in [-0.1, -0.05) is 52.4 Å². The number of hydrogen-bond acceptors (Lipinski definition) is 0. The minimum absolute atomic E-state index is 0.0140. The van der Waals surface area contributed by atoms with Crippen LogP contribution in [-0.2, 0) is 16.2 Å². The van der Waals surface area contributed by atoms with Crippen LogP contribution in [0.4, 0.5) is 0 Å². The Morgan fingerprint density at radius 2 is 0.878 bits per heavy atom. The molecule has 12 atom stereocenters. The molecular formula is C80H50N2+2. The van der Waals surface area contributed by atoms with E-state index in [1.54, 1.807) is 102 Å². The molecule has 17 aliphatic rings. The minimum Gasteiger partial charge on any atom is -0.324 e. The lowest BCUT2D eigenvalue weighted by molar-refractivity contribution is -0.906. The highest BCUT2D eigenvalue weighted by molar-refractivity contribution is 6.72. The van der Waals surface area contributed by atoms with Gasteiger partial charge in [-0.15, -0.1) is 0 Å². The van der Waals surface area contributed by atoms with E-state index in [0.717, 1.165) is 0 Å². The first-order valence-corrected chi connectivity index (χ1v) is 33.7. The van der Waals surface area contributed by atoms with Crippen LogP contribution in [0.3, 0.4) is 0 Å². The Morgan fingerprint density at radius 1 is 0.354 bits per heavy atom. The van der Waals surface area contributed by atoms with Crippen molar-refractivity contribution in [3.63, 3.8) is 0 Å². The van der Waals surface area contributed by atoms with Crippen LogP contribution in [0.25, 0.3) is 189 Å². The quantitative estimate of drug-likeness (QED) is 0.0727. The van der Waals surface area contributed by atoms with Gasteiger partial charge in [-0.25, -0.2) is 0 Å². The van der Waals surface area contributed by atoms with E-state index >= 15 is 0 Å². The molecule has 0 N–H and O–H groups in total. The normalized spacial score (nSPS) is 36.1. The van der Waals surface area contributed by atoms with Crippen molar-refractivity contribution < 1.29 is 8.97 Å². The number of hydrogen-bond donors (Lipinski definition) is 0. The van der Waals surface area contributed by atoms with Gasteiger partial charge in [-0.2, -0.15) is 0 Å². The molecule has 12 unspecified atom stereocenters. The molecule has 17 aromatic rings. The lowest BCUT2D eigenvalue weighted by Gasteiger charge is -2.58. The van der Waals surface area contributed by atoms with Gasteiger partial charge >= 0.3 is 0 Å². The Bertz CT molecular complexity index is 6760. The van der Waals surface area contributed by atoms with E-state index in [0.29, 0.717) is 47.6 Å². The standard InChI is InChI=1S/C80H50N2/c1-7-9-11-13-15-19-79-73-61-49-37-27-23-25-21-22-26-24-28-35-43-31(24)29(21)41-33(25)45(37)57(61)69-53(41)55(43)71(77(69,79)17-81(19,3)4)59-47(35)40-50-38(28)46-34(26)42-30(22)32(23)44-36(27)48-39(49)52-64-60(48)72-56(44)54(42)70-58(46)62(50)74-66-51(40)63(59)75(79)67(65(52)73)68(66)76(64)80(74)20(16-14-12-10-8-2)82(5,6)18-78(70,72)80/h19-20,51,60-61,66,72-73H,7-18H2,1-6H3/q+2. The van der Waals surface area contributed by atoms with E-state index in [-0.39, 0.29) is 21.7 Å². The van der Waals surface area contributed by atoms with Crippen molar-refractivity contribution in [2.45, 2.75) is 142 Å². The molecule has 4 spiro atoms. The SMILES string of the molecule is CCCCCCC1C23C4=c5c6c7c8c9c%10c%11c%12c%13c%14c%15c%16c%17c%18c%19c%20c%21c%22c%23c(c5c5c6c6c8c%11c8c%11c%12c%15c%12c(c%20%16)c%21c%15c%23c5c(c68)c%15c%12%11)C2(C[N+]1(C)C)C%22C%19c1c-%18c2c5c(c13)C4C7C9=C5C1(C2C%17%14)C(CCCCCC)[N+](C)(C)CC%10%131. The van der Waals surface area contributed by atoms with Gasteiger partial charge in [0.25, 0.3) is 0 Å². The number of nitrogens with zero attached hydrogens (tertiary/aromatic N) is 2. The maximum absolute atomic E-state index is 2.85. The molecule has 2 saturated heterocycles. The van der Waals surface area contributed by atoms with E-state index in [1.807, 2.05) is 159 Å². The molecule has 82 heavy (non-hydrogen) atoms. The number of rotatable bonds is 10. The van der Waals surface area contributed by atoms with Crippen molar-refractivity contribution in [1.29, 1.82) is 0 Å². The van der Waals surface area contributed by atoms with Crippen LogP contribution < -0.4 is 5.22 Å². The summed E-state index contributed by atoms with van der Waals surface area (Å²) in [5.41, 5.74) is 37.3.